The molecule has 2 rings (SSSR count). The van der Waals surface area contributed by atoms with Crippen LogP contribution < -0.4 is 15.4 Å². The van der Waals surface area contributed by atoms with E-state index in [0.717, 1.165) is 63.9 Å². The molecule has 6 nitrogen and oxygen atoms in total. The Morgan fingerprint density at radius 3 is 2.52 bits per heavy atom. The Morgan fingerprint density at radius 2 is 1.87 bits per heavy atom. The summed E-state index contributed by atoms with van der Waals surface area (Å²) in [5.41, 5.74) is 1.29. The molecule has 1 heterocycles. The molecule has 1 aliphatic rings. The summed E-state index contributed by atoms with van der Waals surface area (Å²) < 4.78 is 5.46. The first-order valence-electron chi connectivity index (χ1n) is 11.8. The average Bonchev–Trinajstić information content (AvgIpc) is 3.31. The molecule has 1 aliphatic heterocycles. The topological polar surface area (TPSA) is 52.1 Å². The molecule has 1 fully saturated rings. The monoisotopic (exact) mass is 545 g/mol. The third-order valence-corrected chi connectivity index (χ3v) is 5.91. The van der Waals surface area contributed by atoms with Crippen molar-refractivity contribution < 1.29 is 4.74 Å². The van der Waals surface area contributed by atoms with Gasteiger partial charge < -0.3 is 20.3 Å². The maximum atomic E-state index is 5.46. The normalized spacial score (nSPS) is 15.6. The largest absolute Gasteiger partial charge is 0.497 e. The summed E-state index contributed by atoms with van der Waals surface area (Å²) in [5.74, 6) is 1.84. The van der Waals surface area contributed by atoms with E-state index in [0.29, 0.717) is 6.04 Å². The number of hydrogen-bond donors (Lipinski definition) is 2. The van der Waals surface area contributed by atoms with Gasteiger partial charge in [0, 0.05) is 13.1 Å². The quantitative estimate of drug-likeness (QED) is 0.169. The highest BCUT2D eigenvalue weighted by Crippen LogP contribution is 2.27. The number of rotatable bonds is 13. The fourth-order valence-electron chi connectivity index (χ4n) is 4.06. The molecule has 7 heteroatoms. The number of methoxy groups -OCH3 is 1. The maximum Gasteiger partial charge on any atom is 0.191 e. The fourth-order valence-corrected chi connectivity index (χ4v) is 4.06. The summed E-state index contributed by atoms with van der Waals surface area (Å²) in [6, 6.07) is 8.75. The van der Waals surface area contributed by atoms with Gasteiger partial charge in [0.15, 0.2) is 5.96 Å². The molecule has 0 amide bonds. The zero-order chi connectivity index (χ0) is 21.6. The van der Waals surface area contributed by atoms with Crippen LogP contribution in [0.4, 0.5) is 0 Å². The van der Waals surface area contributed by atoms with Crippen molar-refractivity contribution in [3.63, 3.8) is 0 Å². The van der Waals surface area contributed by atoms with Gasteiger partial charge >= 0.3 is 0 Å². The van der Waals surface area contributed by atoms with E-state index >= 15 is 0 Å². The Kier molecular flexibility index (Phi) is 14.9. The number of nitrogens with one attached hydrogen (secondary N) is 2. The van der Waals surface area contributed by atoms with Crippen LogP contribution in [0.2, 0.25) is 0 Å². The number of likely N-dealkylation sites (tertiary alicyclic amines) is 1. The van der Waals surface area contributed by atoms with E-state index in [-0.39, 0.29) is 24.0 Å². The van der Waals surface area contributed by atoms with E-state index < -0.39 is 0 Å². The van der Waals surface area contributed by atoms with Crippen molar-refractivity contribution in [1.29, 1.82) is 0 Å². The molecule has 0 aliphatic carbocycles. The van der Waals surface area contributed by atoms with Gasteiger partial charge in [0.2, 0.25) is 0 Å². The molecule has 0 aromatic heterocycles. The Balaban J connectivity index is 0.00000480. The van der Waals surface area contributed by atoms with Gasteiger partial charge in [-0.3, -0.25) is 9.89 Å². The molecular formula is C24H44IN5O. The molecular weight excluding hydrogens is 501 g/mol. The number of guanidine groups is 1. The van der Waals surface area contributed by atoms with Crippen LogP contribution in [-0.2, 0) is 0 Å². The molecule has 2 N–H and O–H groups in total. The zero-order valence-corrected chi connectivity index (χ0v) is 22.4. The number of halogens is 1. The molecule has 31 heavy (non-hydrogen) atoms. The highest BCUT2D eigenvalue weighted by Gasteiger charge is 2.23. The molecule has 178 valence electrons. The van der Waals surface area contributed by atoms with Crippen LogP contribution in [-0.4, -0.2) is 75.2 Å². The summed E-state index contributed by atoms with van der Waals surface area (Å²) in [6.45, 7) is 14.9. The number of nitrogens with zero attached hydrogens (tertiary/aromatic N) is 3. The lowest BCUT2D eigenvalue weighted by molar-refractivity contribution is 0.251. The maximum absolute atomic E-state index is 5.46. The van der Waals surface area contributed by atoms with Crippen LogP contribution in [0.15, 0.2) is 29.3 Å². The fraction of sp³-hybridized carbons (Fsp3) is 0.708. The van der Waals surface area contributed by atoms with E-state index in [2.05, 4.69) is 59.4 Å². The summed E-state index contributed by atoms with van der Waals surface area (Å²) in [6.07, 6.45) is 4.92. The van der Waals surface area contributed by atoms with Crippen molar-refractivity contribution in [2.75, 3.05) is 59.5 Å². The number of benzene rings is 1. The lowest BCUT2D eigenvalue weighted by atomic mass is 10.1. The van der Waals surface area contributed by atoms with E-state index in [1.807, 2.05) is 6.07 Å². The van der Waals surface area contributed by atoms with E-state index in [4.69, 9.17) is 9.73 Å². The Labute approximate surface area is 207 Å². The highest BCUT2D eigenvalue weighted by molar-refractivity contribution is 14.0. The zero-order valence-electron chi connectivity index (χ0n) is 20.0. The summed E-state index contributed by atoms with van der Waals surface area (Å²) >= 11 is 0. The minimum Gasteiger partial charge on any atom is -0.497 e. The second-order valence-electron chi connectivity index (χ2n) is 7.92. The van der Waals surface area contributed by atoms with Crippen LogP contribution >= 0.6 is 24.0 Å². The first-order chi connectivity index (χ1) is 14.7. The standard InChI is InChI=1S/C24H43N5O.HI/c1-5-25-24(26-15-8-9-16-28(6-2)7-3)27-20-23(29-17-10-11-18-29)21-13-12-14-22(19-21)30-4;/h12-14,19,23H,5-11,15-18,20H2,1-4H3,(H2,25,26,27);1H. The minimum absolute atomic E-state index is 0. The van der Waals surface area contributed by atoms with Crippen LogP contribution in [0.25, 0.3) is 0 Å². The molecule has 1 aromatic carbocycles. The van der Waals surface area contributed by atoms with Crippen molar-refractivity contribution in [1.82, 2.24) is 20.4 Å². The highest BCUT2D eigenvalue weighted by atomic mass is 127. The molecule has 0 spiro atoms. The lowest BCUT2D eigenvalue weighted by Gasteiger charge is -2.27. The second-order valence-corrected chi connectivity index (χ2v) is 7.92. The van der Waals surface area contributed by atoms with Gasteiger partial charge in [-0.1, -0.05) is 26.0 Å². The molecule has 0 saturated carbocycles. The van der Waals surface area contributed by atoms with Crippen molar-refractivity contribution in [2.24, 2.45) is 4.99 Å². The van der Waals surface area contributed by atoms with E-state index in [9.17, 15) is 0 Å². The summed E-state index contributed by atoms with van der Waals surface area (Å²) in [7, 11) is 1.73. The molecule has 0 radical (unpaired) electrons. The average molecular weight is 546 g/mol. The minimum atomic E-state index is 0. The van der Waals surface area contributed by atoms with Gasteiger partial charge in [0.1, 0.15) is 5.75 Å². The second kappa shape index (κ2) is 16.6. The molecule has 1 aromatic rings. The van der Waals surface area contributed by atoms with E-state index in [1.165, 1.54) is 31.4 Å². The Hall–Kier alpha value is -1.06. The van der Waals surface area contributed by atoms with Crippen molar-refractivity contribution >= 4 is 29.9 Å². The van der Waals surface area contributed by atoms with E-state index in [1.54, 1.807) is 7.11 Å². The van der Waals surface area contributed by atoms with Gasteiger partial charge in [-0.15, -0.1) is 24.0 Å². The predicted octanol–water partition coefficient (Wildman–Crippen LogP) is 4.13. The smallest absolute Gasteiger partial charge is 0.191 e. The molecule has 1 atom stereocenters. The van der Waals surface area contributed by atoms with Gasteiger partial charge in [0.25, 0.3) is 0 Å². The lowest BCUT2D eigenvalue weighted by Crippen LogP contribution is -2.39. The third kappa shape index (κ3) is 9.95. The first kappa shape index (κ1) is 28.0. The van der Waals surface area contributed by atoms with Crippen LogP contribution in [0.5, 0.6) is 5.75 Å². The SMILES string of the molecule is CCNC(=NCC(c1cccc(OC)c1)N1CCCC1)NCCCCN(CC)CC.I. The van der Waals surface area contributed by atoms with Gasteiger partial charge in [-0.05, 0) is 83.0 Å². The predicted molar refractivity (Wildman–Crippen MR) is 143 cm³/mol. The first-order valence-corrected chi connectivity index (χ1v) is 11.8. The molecule has 0 bridgehead atoms. The number of hydrogen-bond acceptors (Lipinski definition) is 4. The summed E-state index contributed by atoms with van der Waals surface area (Å²) in [5, 5.41) is 6.94. The van der Waals surface area contributed by atoms with Crippen molar-refractivity contribution in [2.45, 2.75) is 52.5 Å². The van der Waals surface area contributed by atoms with Crippen LogP contribution in [0.1, 0.15) is 58.1 Å². The number of aliphatic imine (C=N–C) groups is 1. The molecule has 1 saturated heterocycles. The van der Waals surface area contributed by atoms with Crippen LogP contribution in [0, 0.1) is 0 Å². The molecule has 1 unspecified atom stereocenters. The van der Waals surface area contributed by atoms with Gasteiger partial charge in [0.05, 0.1) is 19.7 Å². The number of ether oxygens (including phenoxy) is 1. The van der Waals surface area contributed by atoms with Crippen LogP contribution in [0.3, 0.4) is 0 Å². The van der Waals surface area contributed by atoms with Gasteiger partial charge in [-0.25, -0.2) is 0 Å². The third-order valence-electron chi connectivity index (χ3n) is 5.91. The Bertz CT molecular complexity index is 618. The van der Waals surface area contributed by atoms with Crippen molar-refractivity contribution in [3.05, 3.63) is 29.8 Å². The Morgan fingerprint density at radius 1 is 1.13 bits per heavy atom. The van der Waals surface area contributed by atoms with Gasteiger partial charge in [-0.2, -0.15) is 0 Å². The van der Waals surface area contributed by atoms with Crippen molar-refractivity contribution in [3.8, 4) is 5.75 Å². The number of unbranched alkanes of at least 4 members (excludes halogenated alkanes) is 1. The summed E-state index contributed by atoms with van der Waals surface area (Å²) in [4.78, 5) is 10.00.